The summed E-state index contributed by atoms with van der Waals surface area (Å²) in [6.45, 7) is 10.1. The highest BCUT2D eigenvalue weighted by molar-refractivity contribution is 5.92. The molecule has 0 N–H and O–H groups in total. The summed E-state index contributed by atoms with van der Waals surface area (Å²) in [5, 5.41) is 0. The molecule has 2 aromatic carbocycles. The zero-order chi connectivity index (χ0) is 24.1. The summed E-state index contributed by atoms with van der Waals surface area (Å²) in [6.07, 6.45) is 0. The molecule has 0 saturated heterocycles. The molecule has 0 saturated carbocycles. The highest BCUT2D eigenvalue weighted by atomic mass is 16.9. The minimum Gasteiger partial charge on any atom is -0.465 e. The number of rotatable bonds is 14. The molecule has 0 unspecified atom stereocenters. The first kappa shape index (κ1) is 26.4. The van der Waals surface area contributed by atoms with Crippen LogP contribution >= 0.6 is 0 Å². The Hall–Kier alpha value is -2.87. The van der Waals surface area contributed by atoms with Crippen molar-refractivity contribution in [2.75, 3.05) is 33.0 Å². The van der Waals surface area contributed by atoms with E-state index in [0.29, 0.717) is 5.75 Å². The van der Waals surface area contributed by atoms with Crippen LogP contribution in [-0.4, -0.2) is 45.0 Å². The van der Waals surface area contributed by atoms with E-state index >= 15 is 0 Å². The Bertz CT molecular complexity index is 850. The van der Waals surface area contributed by atoms with Crippen molar-refractivity contribution in [2.45, 2.75) is 40.6 Å². The molecule has 0 spiro atoms. The van der Waals surface area contributed by atoms with Crippen LogP contribution in [-0.2, 0) is 28.5 Å². The van der Waals surface area contributed by atoms with E-state index in [1.807, 2.05) is 42.5 Å². The van der Waals surface area contributed by atoms with Gasteiger partial charge in [0.15, 0.2) is 0 Å². The maximum Gasteiger partial charge on any atom is 0.355 e. The quantitative estimate of drug-likeness (QED) is 0.125. The smallest absolute Gasteiger partial charge is 0.355 e. The molecule has 0 amide bonds. The second-order valence-electron chi connectivity index (χ2n) is 6.66. The van der Waals surface area contributed by atoms with Gasteiger partial charge >= 0.3 is 11.9 Å². The van der Waals surface area contributed by atoms with Gasteiger partial charge in [0.1, 0.15) is 5.75 Å². The van der Waals surface area contributed by atoms with Crippen molar-refractivity contribution in [3.63, 3.8) is 0 Å². The normalized spacial score (nSPS) is 11.1. The molecule has 0 aliphatic carbocycles. The third-order valence-electron chi connectivity index (χ3n) is 4.44. The summed E-state index contributed by atoms with van der Waals surface area (Å²) >= 11 is 0. The standard InChI is InChI=1S/C26H34O7/c1-6-28-25(29-7-2)23(26(30-8-3,31-9-4)32-10-5)24(27)33-22-18-16-21(17-19-22)20-14-12-11-13-15-20/h11-19H,6-10H2,1-5H3. The third-order valence-corrected chi connectivity index (χ3v) is 4.44. The fourth-order valence-electron chi connectivity index (χ4n) is 3.20. The van der Waals surface area contributed by atoms with Gasteiger partial charge in [0.05, 0.1) is 13.2 Å². The van der Waals surface area contributed by atoms with Crippen LogP contribution in [0.4, 0.5) is 0 Å². The van der Waals surface area contributed by atoms with Gasteiger partial charge in [-0.2, -0.15) is 0 Å². The molecule has 0 atom stereocenters. The summed E-state index contributed by atoms with van der Waals surface area (Å²) in [5.41, 5.74) is 1.95. The van der Waals surface area contributed by atoms with Crippen molar-refractivity contribution < 1.29 is 33.2 Å². The molecule has 0 aliphatic heterocycles. The van der Waals surface area contributed by atoms with Crippen LogP contribution in [0.3, 0.4) is 0 Å². The topological polar surface area (TPSA) is 72.5 Å². The molecule has 2 rings (SSSR count). The van der Waals surface area contributed by atoms with Crippen molar-refractivity contribution in [1.82, 2.24) is 0 Å². The highest BCUT2D eigenvalue weighted by Crippen LogP contribution is 2.32. The van der Waals surface area contributed by atoms with Crippen LogP contribution in [0.1, 0.15) is 34.6 Å². The molecule has 33 heavy (non-hydrogen) atoms. The number of hydrogen-bond donors (Lipinski definition) is 0. The van der Waals surface area contributed by atoms with E-state index in [-0.39, 0.29) is 44.6 Å². The fraction of sp³-hybridized carbons (Fsp3) is 0.423. The Morgan fingerprint density at radius 1 is 0.667 bits per heavy atom. The zero-order valence-electron chi connectivity index (χ0n) is 20.1. The molecular weight excluding hydrogens is 424 g/mol. The molecule has 7 nitrogen and oxygen atoms in total. The number of hydrogen-bond acceptors (Lipinski definition) is 7. The molecule has 0 aliphatic rings. The number of ether oxygens (including phenoxy) is 6. The van der Waals surface area contributed by atoms with Crippen molar-refractivity contribution in [3.05, 3.63) is 66.1 Å². The first-order valence-electron chi connectivity index (χ1n) is 11.3. The van der Waals surface area contributed by atoms with E-state index in [9.17, 15) is 4.79 Å². The Kier molecular flexibility index (Phi) is 10.9. The average Bonchev–Trinajstić information content (AvgIpc) is 2.81. The SMILES string of the molecule is CCOC(OCC)=C(C(=O)Oc1ccc(-c2ccccc2)cc1)C(OCC)(OCC)OCC. The number of carbonyl (C=O) groups excluding carboxylic acids is 1. The van der Waals surface area contributed by atoms with Gasteiger partial charge in [-0.05, 0) is 57.9 Å². The van der Waals surface area contributed by atoms with E-state index in [2.05, 4.69) is 0 Å². The lowest BCUT2D eigenvalue weighted by molar-refractivity contribution is -0.354. The van der Waals surface area contributed by atoms with Crippen LogP contribution in [0.25, 0.3) is 11.1 Å². The molecule has 0 bridgehead atoms. The Balaban J connectivity index is 2.45. The lowest BCUT2D eigenvalue weighted by atomic mass is 10.1. The molecule has 2 aromatic rings. The Labute approximate surface area is 196 Å². The molecule has 0 fully saturated rings. The zero-order valence-corrected chi connectivity index (χ0v) is 20.1. The molecular formula is C26H34O7. The van der Waals surface area contributed by atoms with Crippen LogP contribution in [0.15, 0.2) is 66.1 Å². The molecule has 0 radical (unpaired) electrons. The predicted octanol–water partition coefficient (Wildman–Crippen LogP) is 5.31. The van der Waals surface area contributed by atoms with E-state index < -0.39 is 11.9 Å². The summed E-state index contributed by atoms with van der Waals surface area (Å²) in [7, 11) is 0. The Morgan fingerprint density at radius 2 is 1.15 bits per heavy atom. The fourth-order valence-corrected chi connectivity index (χ4v) is 3.20. The summed E-state index contributed by atoms with van der Waals surface area (Å²) < 4.78 is 34.4. The minimum atomic E-state index is -1.83. The molecule has 0 heterocycles. The summed E-state index contributed by atoms with van der Waals surface area (Å²) in [6, 6.07) is 17.1. The van der Waals surface area contributed by atoms with Crippen molar-refractivity contribution in [2.24, 2.45) is 0 Å². The largest absolute Gasteiger partial charge is 0.465 e. The van der Waals surface area contributed by atoms with Gasteiger partial charge in [0.25, 0.3) is 5.95 Å². The van der Waals surface area contributed by atoms with E-state index in [1.165, 1.54) is 0 Å². The first-order valence-corrected chi connectivity index (χ1v) is 11.3. The van der Waals surface area contributed by atoms with Gasteiger partial charge in [-0.1, -0.05) is 42.5 Å². The van der Waals surface area contributed by atoms with Crippen LogP contribution in [0, 0.1) is 0 Å². The summed E-state index contributed by atoms with van der Waals surface area (Å²) in [4.78, 5) is 13.4. The van der Waals surface area contributed by atoms with Crippen LogP contribution in [0.5, 0.6) is 5.75 Å². The van der Waals surface area contributed by atoms with Gasteiger partial charge in [-0.15, -0.1) is 0 Å². The summed E-state index contributed by atoms with van der Waals surface area (Å²) in [5.74, 6) is -2.29. The van der Waals surface area contributed by atoms with Crippen molar-refractivity contribution >= 4 is 5.97 Å². The molecule has 0 aromatic heterocycles. The number of benzene rings is 2. The second kappa shape index (κ2) is 13.6. The highest BCUT2D eigenvalue weighted by Gasteiger charge is 2.47. The van der Waals surface area contributed by atoms with Gasteiger partial charge in [0.2, 0.25) is 5.57 Å². The molecule has 7 heteroatoms. The number of esters is 1. The van der Waals surface area contributed by atoms with E-state index in [0.717, 1.165) is 11.1 Å². The lowest BCUT2D eigenvalue weighted by Gasteiger charge is -2.33. The van der Waals surface area contributed by atoms with E-state index in [1.54, 1.807) is 46.8 Å². The predicted molar refractivity (Wildman–Crippen MR) is 125 cm³/mol. The van der Waals surface area contributed by atoms with Gasteiger partial charge in [0, 0.05) is 19.8 Å². The third kappa shape index (κ3) is 7.05. The average molecular weight is 459 g/mol. The molecule has 180 valence electrons. The van der Waals surface area contributed by atoms with Crippen LogP contribution < -0.4 is 4.74 Å². The lowest BCUT2D eigenvalue weighted by Crippen LogP contribution is -2.46. The van der Waals surface area contributed by atoms with Gasteiger partial charge in [-0.3, -0.25) is 0 Å². The van der Waals surface area contributed by atoms with Gasteiger partial charge in [-0.25, -0.2) is 4.79 Å². The maximum atomic E-state index is 13.4. The van der Waals surface area contributed by atoms with Gasteiger partial charge < -0.3 is 28.4 Å². The second-order valence-corrected chi connectivity index (χ2v) is 6.66. The minimum absolute atomic E-state index is 0.0544. The maximum absolute atomic E-state index is 13.4. The monoisotopic (exact) mass is 458 g/mol. The number of carbonyl (C=O) groups is 1. The van der Waals surface area contributed by atoms with Crippen LogP contribution in [0.2, 0.25) is 0 Å². The van der Waals surface area contributed by atoms with Crippen molar-refractivity contribution in [1.29, 1.82) is 0 Å². The van der Waals surface area contributed by atoms with E-state index in [4.69, 9.17) is 28.4 Å². The Morgan fingerprint density at radius 3 is 1.61 bits per heavy atom. The van der Waals surface area contributed by atoms with Crippen molar-refractivity contribution in [3.8, 4) is 16.9 Å². The first-order chi connectivity index (χ1) is 16.0.